The highest BCUT2D eigenvalue weighted by molar-refractivity contribution is 6.53. The predicted octanol–water partition coefficient (Wildman–Crippen LogP) is 4.05. The van der Waals surface area contributed by atoms with Gasteiger partial charge in [-0.05, 0) is 20.8 Å². The van der Waals surface area contributed by atoms with Gasteiger partial charge in [0, 0.05) is 16.7 Å². The summed E-state index contributed by atoms with van der Waals surface area (Å²) in [5, 5.41) is 14.8. The van der Waals surface area contributed by atoms with Crippen LogP contribution in [0.4, 0.5) is 0 Å². The van der Waals surface area contributed by atoms with Crippen molar-refractivity contribution in [3.05, 3.63) is 108 Å². The van der Waals surface area contributed by atoms with Crippen LogP contribution in [0, 0.1) is 20.8 Å². The van der Waals surface area contributed by atoms with E-state index in [1.165, 1.54) is 0 Å². The molecule has 37 heavy (non-hydrogen) atoms. The number of hydrogen-bond donors (Lipinski definition) is 0. The molecule has 182 valence electrons. The summed E-state index contributed by atoms with van der Waals surface area (Å²) in [7, 11) is -1.78. The van der Waals surface area contributed by atoms with E-state index >= 15 is 0 Å². The minimum Gasteiger partial charge on any atom is -0.383 e. The zero-order valence-corrected chi connectivity index (χ0v) is 20.9. The SMILES string of the molecule is Cc1nc(-c2ccccc2)n([BH-](n2nc(-c3ccccc3)nc2C)n2nc(-c3ccccc3)nc2C)n1. The van der Waals surface area contributed by atoms with Gasteiger partial charge in [-0.1, -0.05) is 91.0 Å². The Balaban J connectivity index is 1.57. The molecule has 0 atom stereocenters. The van der Waals surface area contributed by atoms with Crippen LogP contribution in [0.2, 0.25) is 0 Å². The fourth-order valence-electron chi connectivity index (χ4n) is 4.63. The first-order valence-corrected chi connectivity index (χ1v) is 12.2. The van der Waals surface area contributed by atoms with Crippen molar-refractivity contribution in [3.63, 3.8) is 0 Å². The molecule has 0 amide bonds. The third-order valence-electron chi connectivity index (χ3n) is 6.39. The van der Waals surface area contributed by atoms with E-state index in [0.29, 0.717) is 17.5 Å². The van der Waals surface area contributed by atoms with Crippen LogP contribution in [-0.2, 0) is 0 Å². The highest BCUT2D eigenvalue weighted by Crippen LogP contribution is 2.22. The van der Waals surface area contributed by atoms with Crippen molar-refractivity contribution in [2.24, 2.45) is 0 Å². The van der Waals surface area contributed by atoms with Crippen LogP contribution >= 0.6 is 0 Å². The third kappa shape index (κ3) is 4.22. The maximum Gasteiger partial charge on any atom is 0.331 e. The molecule has 0 unspecified atom stereocenters. The van der Waals surface area contributed by atoms with Crippen LogP contribution in [0.1, 0.15) is 17.5 Å². The van der Waals surface area contributed by atoms with E-state index in [4.69, 9.17) is 30.2 Å². The lowest BCUT2D eigenvalue weighted by Gasteiger charge is -2.29. The summed E-state index contributed by atoms with van der Waals surface area (Å²) in [6.07, 6.45) is 0. The van der Waals surface area contributed by atoms with E-state index in [2.05, 4.69) is 0 Å². The van der Waals surface area contributed by atoms with E-state index in [0.717, 1.165) is 34.2 Å². The molecular formula is C27H25BN9-. The van der Waals surface area contributed by atoms with Gasteiger partial charge in [0.05, 0.1) is 11.6 Å². The maximum absolute atomic E-state index is 4.97. The Morgan fingerprint density at radius 1 is 0.486 bits per heavy atom. The van der Waals surface area contributed by atoms with Crippen LogP contribution in [0.15, 0.2) is 91.0 Å². The zero-order chi connectivity index (χ0) is 25.4. The average molecular weight is 486 g/mol. The van der Waals surface area contributed by atoms with E-state index in [-0.39, 0.29) is 0 Å². The smallest absolute Gasteiger partial charge is 0.331 e. The summed E-state index contributed by atoms with van der Waals surface area (Å²) in [6.45, 7) is 5.80. The molecule has 0 aliphatic carbocycles. The van der Waals surface area contributed by atoms with E-state index in [1.54, 1.807) is 0 Å². The van der Waals surface area contributed by atoms with Gasteiger partial charge < -0.3 is 13.8 Å². The molecule has 0 bridgehead atoms. The van der Waals surface area contributed by atoms with Crippen molar-refractivity contribution < 1.29 is 0 Å². The molecule has 6 rings (SSSR count). The largest absolute Gasteiger partial charge is 0.383 e. The molecule has 3 aromatic heterocycles. The van der Waals surface area contributed by atoms with Crippen LogP contribution in [0.3, 0.4) is 0 Å². The normalized spacial score (nSPS) is 11.4. The molecule has 9 nitrogen and oxygen atoms in total. The Morgan fingerprint density at radius 3 is 1.38 bits per heavy atom. The molecule has 10 heteroatoms. The number of aryl methyl sites for hydroxylation is 3. The number of hydrogen-bond acceptors (Lipinski definition) is 6. The highest BCUT2D eigenvalue weighted by Gasteiger charge is 2.24. The Bertz CT molecular complexity index is 1570. The molecule has 0 aliphatic heterocycles. The van der Waals surface area contributed by atoms with Crippen molar-refractivity contribution in [2.45, 2.75) is 20.8 Å². The molecule has 6 aromatic rings. The average Bonchev–Trinajstić information content (AvgIpc) is 3.63. The van der Waals surface area contributed by atoms with Crippen molar-refractivity contribution in [1.29, 1.82) is 0 Å². The Kier molecular flexibility index (Phi) is 5.68. The standard InChI is InChI=1S/C27H25BN9/c1-19-29-27(24-17-11-6-12-18-24)37(32-19)28(35-20(2)30-25(33-35)22-13-7-4-8-14-22)36-21(3)31-26(34-36)23-15-9-5-10-16-23/h4-18,28H,1-3H3/q-1. The van der Waals surface area contributed by atoms with Gasteiger partial charge in [-0.3, -0.25) is 0 Å². The maximum atomic E-state index is 4.97. The number of benzene rings is 3. The second kappa shape index (κ2) is 9.31. The second-order valence-corrected chi connectivity index (χ2v) is 8.97. The van der Waals surface area contributed by atoms with E-state index in [9.17, 15) is 0 Å². The first-order valence-electron chi connectivity index (χ1n) is 12.2. The molecule has 0 saturated heterocycles. The summed E-state index contributed by atoms with van der Waals surface area (Å²) >= 11 is 0. The minimum absolute atomic E-state index is 0.648. The summed E-state index contributed by atoms with van der Waals surface area (Å²) < 4.78 is 5.76. The molecule has 0 saturated carbocycles. The van der Waals surface area contributed by atoms with E-state index in [1.807, 2.05) is 126 Å². The Hall–Kier alpha value is -4.86. The lowest BCUT2D eigenvalue weighted by atomic mass is 9.93. The molecule has 0 aliphatic rings. The number of nitrogens with zero attached hydrogens (tertiary/aromatic N) is 9. The second-order valence-electron chi connectivity index (χ2n) is 8.97. The first-order chi connectivity index (χ1) is 18.1. The Morgan fingerprint density at radius 2 is 0.919 bits per heavy atom. The molecule has 0 spiro atoms. The van der Waals surface area contributed by atoms with Crippen molar-refractivity contribution in [1.82, 2.24) is 44.0 Å². The van der Waals surface area contributed by atoms with Crippen LogP contribution in [-0.4, -0.2) is 51.1 Å². The molecule has 3 aromatic carbocycles. The van der Waals surface area contributed by atoms with Crippen molar-refractivity contribution >= 4 is 7.12 Å². The highest BCUT2D eigenvalue weighted by atomic mass is 15.5. The molecule has 0 N–H and O–H groups in total. The molecule has 0 fully saturated rings. The number of rotatable bonds is 6. The Labute approximate surface area is 214 Å². The summed E-state index contributed by atoms with van der Waals surface area (Å²) in [5.74, 6) is 4.21. The lowest BCUT2D eigenvalue weighted by Crippen LogP contribution is -2.45. The van der Waals surface area contributed by atoms with Crippen molar-refractivity contribution in [3.8, 4) is 34.2 Å². The predicted molar refractivity (Wildman–Crippen MR) is 144 cm³/mol. The van der Waals surface area contributed by atoms with Crippen LogP contribution in [0.25, 0.3) is 34.2 Å². The quantitative estimate of drug-likeness (QED) is 0.330. The molecule has 0 radical (unpaired) electrons. The van der Waals surface area contributed by atoms with Gasteiger partial charge in [0.1, 0.15) is 11.6 Å². The molecule has 3 heterocycles. The lowest BCUT2D eigenvalue weighted by molar-refractivity contribution is 0.745. The fraction of sp³-hybridized carbons (Fsp3) is 0.111. The number of aromatic nitrogens is 9. The summed E-state index contributed by atoms with van der Waals surface area (Å²) in [5.41, 5.74) is 2.85. The first kappa shape index (κ1) is 22.6. The van der Waals surface area contributed by atoms with Gasteiger partial charge in [0.2, 0.25) is 0 Å². The van der Waals surface area contributed by atoms with Gasteiger partial charge in [0.25, 0.3) is 0 Å². The summed E-state index contributed by atoms with van der Waals surface area (Å²) in [4.78, 5) is 14.4. The van der Waals surface area contributed by atoms with Crippen molar-refractivity contribution in [2.75, 3.05) is 0 Å². The van der Waals surface area contributed by atoms with Gasteiger partial charge in [-0.2, -0.15) is 15.3 Å². The third-order valence-corrected chi connectivity index (χ3v) is 6.39. The fourth-order valence-corrected chi connectivity index (χ4v) is 4.63. The topological polar surface area (TPSA) is 92.1 Å². The van der Waals surface area contributed by atoms with Gasteiger partial charge in [-0.25, -0.2) is 15.0 Å². The van der Waals surface area contributed by atoms with Crippen LogP contribution < -0.4 is 0 Å². The van der Waals surface area contributed by atoms with E-state index < -0.39 is 7.12 Å². The zero-order valence-electron chi connectivity index (χ0n) is 20.9. The van der Waals surface area contributed by atoms with Gasteiger partial charge in [-0.15, -0.1) is 0 Å². The summed E-state index contributed by atoms with van der Waals surface area (Å²) in [6, 6.07) is 30.0. The van der Waals surface area contributed by atoms with Gasteiger partial charge >= 0.3 is 7.12 Å². The molecular weight excluding hydrogens is 461 g/mol. The monoisotopic (exact) mass is 486 g/mol. The van der Waals surface area contributed by atoms with Gasteiger partial charge in [0.15, 0.2) is 11.6 Å². The minimum atomic E-state index is -1.78. The van der Waals surface area contributed by atoms with Crippen LogP contribution in [0.5, 0.6) is 0 Å².